The van der Waals surface area contributed by atoms with Gasteiger partial charge in [-0.3, -0.25) is 0 Å². The monoisotopic (exact) mass is 240 g/mol. The molecule has 0 aliphatic heterocycles. The summed E-state index contributed by atoms with van der Waals surface area (Å²) in [6.45, 7) is 8.15. The normalized spacial score (nSPS) is 28.4. The molecule has 0 radical (unpaired) electrons. The summed E-state index contributed by atoms with van der Waals surface area (Å²) in [4.78, 5) is 2.52. The second-order valence-corrected chi connectivity index (χ2v) is 6.48. The smallest absolute Gasteiger partial charge is 0.00793 e. The lowest BCUT2D eigenvalue weighted by molar-refractivity contribution is 0.179. The zero-order valence-corrected chi connectivity index (χ0v) is 12.3. The molecule has 1 saturated carbocycles. The fourth-order valence-corrected chi connectivity index (χ4v) is 3.05. The van der Waals surface area contributed by atoms with Gasteiger partial charge < -0.3 is 10.6 Å². The Hall–Kier alpha value is -0.0800. The van der Waals surface area contributed by atoms with Crippen molar-refractivity contribution in [1.29, 1.82) is 0 Å². The first kappa shape index (κ1) is 15.0. The van der Waals surface area contributed by atoms with Gasteiger partial charge >= 0.3 is 0 Å². The molecule has 1 rings (SSSR count). The maximum atomic E-state index is 6.30. The predicted octanol–water partition coefficient (Wildman–Crippen LogP) is 3.26. The number of rotatable bonds is 5. The van der Waals surface area contributed by atoms with Crippen molar-refractivity contribution in [2.45, 2.75) is 71.4 Å². The molecule has 0 aromatic heterocycles. The average molecular weight is 240 g/mol. The molecule has 17 heavy (non-hydrogen) atoms. The molecule has 0 amide bonds. The van der Waals surface area contributed by atoms with Gasteiger partial charge in [0.1, 0.15) is 0 Å². The van der Waals surface area contributed by atoms with Gasteiger partial charge in [0.15, 0.2) is 0 Å². The van der Waals surface area contributed by atoms with Crippen LogP contribution in [0.1, 0.15) is 59.3 Å². The van der Waals surface area contributed by atoms with E-state index in [-0.39, 0.29) is 0 Å². The summed E-state index contributed by atoms with van der Waals surface area (Å²) in [5.74, 6) is 1.51. The van der Waals surface area contributed by atoms with Crippen LogP contribution in [0, 0.1) is 11.8 Å². The van der Waals surface area contributed by atoms with Crippen LogP contribution in [0.3, 0.4) is 0 Å². The molecule has 3 atom stereocenters. The van der Waals surface area contributed by atoms with E-state index in [1.807, 2.05) is 0 Å². The average Bonchev–Trinajstić information content (AvgIpc) is 2.43. The van der Waals surface area contributed by atoms with Gasteiger partial charge in [-0.2, -0.15) is 0 Å². The summed E-state index contributed by atoms with van der Waals surface area (Å²) in [6, 6.07) is 1.12. The molecule has 2 nitrogen and oxygen atoms in total. The zero-order chi connectivity index (χ0) is 12.8. The number of nitrogens with two attached hydrogens (primary N) is 1. The van der Waals surface area contributed by atoms with Crippen molar-refractivity contribution >= 4 is 0 Å². The molecule has 2 heteroatoms. The Bertz CT molecular complexity index is 203. The Labute approximate surface area is 108 Å². The van der Waals surface area contributed by atoms with E-state index < -0.39 is 0 Å². The third kappa shape index (κ3) is 5.39. The van der Waals surface area contributed by atoms with E-state index in [0.717, 1.165) is 11.8 Å². The fraction of sp³-hybridized carbons (Fsp3) is 1.00. The van der Waals surface area contributed by atoms with Crippen molar-refractivity contribution < 1.29 is 0 Å². The molecular formula is C15H32N2. The summed E-state index contributed by atoms with van der Waals surface area (Å²) in [6.07, 6.45) is 7.96. The molecule has 1 aliphatic rings. The molecule has 0 saturated heterocycles. The highest BCUT2D eigenvalue weighted by molar-refractivity contribution is 4.80. The molecule has 102 valence electrons. The van der Waals surface area contributed by atoms with Crippen LogP contribution in [0.25, 0.3) is 0 Å². The highest BCUT2D eigenvalue weighted by Crippen LogP contribution is 2.24. The Morgan fingerprint density at radius 3 is 2.41 bits per heavy atom. The minimum atomic E-state index is 0.436. The van der Waals surface area contributed by atoms with Crippen LogP contribution in [0.15, 0.2) is 0 Å². The van der Waals surface area contributed by atoms with E-state index in [1.54, 1.807) is 0 Å². The van der Waals surface area contributed by atoms with E-state index in [2.05, 4.69) is 32.7 Å². The van der Waals surface area contributed by atoms with Crippen LogP contribution < -0.4 is 5.73 Å². The minimum Gasteiger partial charge on any atom is -0.327 e. The maximum absolute atomic E-state index is 6.30. The molecule has 0 heterocycles. The molecular weight excluding hydrogens is 208 g/mol. The van der Waals surface area contributed by atoms with Crippen LogP contribution in [-0.4, -0.2) is 30.6 Å². The van der Waals surface area contributed by atoms with Gasteiger partial charge in [0.05, 0.1) is 0 Å². The zero-order valence-electron chi connectivity index (χ0n) is 12.3. The summed E-state index contributed by atoms with van der Waals surface area (Å²) < 4.78 is 0. The lowest BCUT2D eigenvalue weighted by Gasteiger charge is -2.32. The van der Waals surface area contributed by atoms with Crippen molar-refractivity contribution in [3.8, 4) is 0 Å². The fourth-order valence-electron chi connectivity index (χ4n) is 3.05. The molecule has 3 unspecified atom stereocenters. The van der Waals surface area contributed by atoms with E-state index in [9.17, 15) is 0 Å². The quantitative estimate of drug-likeness (QED) is 0.747. The summed E-state index contributed by atoms with van der Waals surface area (Å²) in [5, 5.41) is 0. The van der Waals surface area contributed by atoms with E-state index in [1.165, 1.54) is 45.1 Å². The molecule has 0 aromatic rings. The van der Waals surface area contributed by atoms with Crippen LogP contribution >= 0.6 is 0 Å². The van der Waals surface area contributed by atoms with E-state index in [0.29, 0.717) is 12.1 Å². The number of hydrogen-bond donors (Lipinski definition) is 1. The molecule has 1 aliphatic carbocycles. The van der Waals surface area contributed by atoms with Gasteiger partial charge in [-0.1, -0.05) is 33.1 Å². The molecule has 0 aromatic carbocycles. The van der Waals surface area contributed by atoms with Gasteiger partial charge in [-0.25, -0.2) is 0 Å². The summed E-state index contributed by atoms with van der Waals surface area (Å²) >= 11 is 0. The molecule has 1 fully saturated rings. The predicted molar refractivity (Wildman–Crippen MR) is 76.1 cm³/mol. The van der Waals surface area contributed by atoms with Crippen LogP contribution in [0.5, 0.6) is 0 Å². The highest BCUT2D eigenvalue weighted by Gasteiger charge is 2.23. The first-order valence-corrected chi connectivity index (χ1v) is 7.46. The van der Waals surface area contributed by atoms with Gasteiger partial charge in [0, 0.05) is 18.6 Å². The number of nitrogens with zero attached hydrogens (tertiary/aromatic N) is 1. The van der Waals surface area contributed by atoms with Crippen molar-refractivity contribution in [3.63, 3.8) is 0 Å². The van der Waals surface area contributed by atoms with Gasteiger partial charge in [-0.15, -0.1) is 0 Å². The van der Waals surface area contributed by atoms with Gasteiger partial charge in [0.2, 0.25) is 0 Å². The SMILES string of the molecule is CC(C)CC(C)N(C)CC1CCCCCC1N. The first-order chi connectivity index (χ1) is 8.00. The Morgan fingerprint density at radius 2 is 1.76 bits per heavy atom. The van der Waals surface area contributed by atoms with Crippen LogP contribution in [-0.2, 0) is 0 Å². The van der Waals surface area contributed by atoms with Crippen molar-refractivity contribution in [1.82, 2.24) is 4.90 Å². The second-order valence-electron chi connectivity index (χ2n) is 6.48. The molecule has 0 spiro atoms. The van der Waals surface area contributed by atoms with Crippen molar-refractivity contribution in [2.24, 2.45) is 17.6 Å². The maximum Gasteiger partial charge on any atom is 0.00793 e. The Morgan fingerprint density at radius 1 is 1.12 bits per heavy atom. The van der Waals surface area contributed by atoms with Crippen molar-refractivity contribution in [2.75, 3.05) is 13.6 Å². The number of hydrogen-bond acceptors (Lipinski definition) is 2. The second kappa shape index (κ2) is 7.38. The topological polar surface area (TPSA) is 29.3 Å². The van der Waals surface area contributed by atoms with Crippen LogP contribution in [0.4, 0.5) is 0 Å². The van der Waals surface area contributed by atoms with Crippen LogP contribution in [0.2, 0.25) is 0 Å². The Kier molecular flexibility index (Phi) is 6.50. The van der Waals surface area contributed by atoms with E-state index in [4.69, 9.17) is 5.73 Å². The summed E-state index contributed by atoms with van der Waals surface area (Å²) in [5.41, 5.74) is 6.30. The standard InChI is InChI=1S/C15H32N2/c1-12(2)10-13(3)17(4)11-14-8-6-5-7-9-15(14)16/h12-15H,5-11,16H2,1-4H3. The lowest BCUT2D eigenvalue weighted by atomic mass is 9.94. The first-order valence-electron chi connectivity index (χ1n) is 7.46. The minimum absolute atomic E-state index is 0.436. The third-order valence-electron chi connectivity index (χ3n) is 4.31. The molecule has 0 bridgehead atoms. The van der Waals surface area contributed by atoms with E-state index >= 15 is 0 Å². The largest absolute Gasteiger partial charge is 0.327 e. The summed E-state index contributed by atoms with van der Waals surface area (Å²) in [7, 11) is 2.27. The molecule has 2 N–H and O–H groups in total. The van der Waals surface area contributed by atoms with Gasteiger partial charge in [-0.05, 0) is 45.1 Å². The van der Waals surface area contributed by atoms with Crippen molar-refractivity contribution in [3.05, 3.63) is 0 Å². The highest BCUT2D eigenvalue weighted by atomic mass is 15.1. The Balaban J connectivity index is 2.39. The van der Waals surface area contributed by atoms with Gasteiger partial charge in [0.25, 0.3) is 0 Å². The third-order valence-corrected chi connectivity index (χ3v) is 4.31. The lowest BCUT2D eigenvalue weighted by Crippen LogP contribution is -2.41.